The van der Waals surface area contributed by atoms with Crippen LogP contribution in [0.4, 0.5) is 5.82 Å². The van der Waals surface area contributed by atoms with Crippen LogP contribution < -0.4 is 4.90 Å². The van der Waals surface area contributed by atoms with Gasteiger partial charge in [-0.15, -0.1) is 0 Å². The molecule has 1 N–H and O–H groups in total. The number of pyridine rings is 1. The van der Waals surface area contributed by atoms with E-state index in [2.05, 4.69) is 44.6 Å². The fourth-order valence-corrected chi connectivity index (χ4v) is 1.50. The lowest BCUT2D eigenvalue weighted by Crippen LogP contribution is -2.39. The van der Waals surface area contributed by atoms with Crippen molar-refractivity contribution in [2.45, 2.75) is 40.3 Å². The van der Waals surface area contributed by atoms with Gasteiger partial charge in [0.2, 0.25) is 0 Å². The maximum atomic E-state index is 8.95. The van der Waals surface area contributed by atoms with Gasteiger partial charge in [0.05, 0.1) is 6.61 Å². The van der Waals surface area contributed by atoms with E-state index >= 15 is 0 Å². The van der Waals surface area contributed by atoms with Gasteiger partial charge in [-0.1, -0.05) is 26.8 Å². The van der Waals surface area contributed by atoms with Crippen molar-refractivity contribution in [3.63, 3.8) is 0 Å². The predicted molar refractivity (Wildman–Crippen MR) is 67.5 cm³/mol. The van der Waals surface area contributed by atoms with Gasteiger partial charge in [-0.3, -0.25) is 0 Å². The van der Waals surface area contributed by atoms with Gasteiger partial charge in [0.1, 0.15) is 5.82 Å². The highest BCUT2D eigenvalue weighted by atomic mass is 16.3. The number of aromatic nitrogens is 1. The maximum Gasteiger partial charge on any atom is 0.128 e. The lowest BCUT2D eigenvalue weighted by atomic mass is 9.87. The standard InChI is InChI=1S/C13H22N2O/c1-10(13(2,3)4)15(5)12-7-6-11(9-16)8-14-12/h6-8,10,16H,9H2,1-5H3. The molecule has 0 aliphatic carbocycles. The number of rotatable bonds is 3. The van der Waals surface area contributed by atoms with Crippen LogP contribution in [-0.4, -0.2) is 23.2 Å². The summed E-state index contributed by atoms with van der Waals surface area (Å²) in [4.78, 5) is 6.52. The molecule has 1 unspecified atom stereocenters. The second kappa shape index (κ2) is 4.83. The number of hydrogen-bond acceptors (Lipinski definition) is 3. The summed E-state index contributed by atoms with van der Waals surface area (Å²) in [7, 11) is 2.05. The second-order valence-corrected chi connectivity index (χ2v) is 5.34. The monoisotopic (exact) mass is 222 g/mol. The molecule has 1 heterocycles. The molecule has 0 aromatic carbocycles. The van der Waals surface area contributed by atoms with Crippen LogP contribution in [0.15, 0.2) is 18.3 Å². The Morgan fingerprint density at radius 1 is 1.38 bits per heavy atom. The molecule has 90 valence electrons. The molecule has 16 heavy (non-hydrogen) atoms. The van der Waals surface area contributed by atoms with Gasteiger partial charge >= 0.3 is 0 Å². The first kappa shape index (κ1) is 13.0. The first-order chi connectivity index (χ1) is 7.36. The maximum absolute atomic E-state index is 8.95. The van der Waals surface area contributed by atoms with Crippen LogP contribution in [-0.2, 0) is 6.61 Å². The Morgan fingerprint density at radius 2 is 2.00 bits per heavy atom. The van der Waals surface area contributed by atoms with Crippen molar-refractivity contribution in [1.29, 1.82) is 0 Å². The molecule has 0 saturated carbocycles. The van der Waals surface area contributed by atoms with E-state index < -0.39 is 0 Å². The summed E-state index contributed by atoms with van der Waals surface area (Å²) in [6.45, 7) is 8.90. The normalized spacial score (nSPS) is 13.6. The zero-order valence-electron chi connectivity index (χ0n) is 10.9. The second-order valence-electron chi connectivity index (χ2n) is 5.34. The van der Waals surface area contributed by atoms with Crippen LogP contribution in [0.5, 0.6) is 0 Å². The molecule has 0 fully saturated rings. The third-order valence-electron chi connectivity index (χ3n) is 3.19. The molecule has 0 aliphatic rings. The van der Waals surface area contributed by atoms with E-state index in [4.69, 9.17) is 5.11 Å². The molecule has 1 aromatic heterocycles. The first-order valence-electron chi connectivity index (χ1n) is 5.65. The Balaban J connectivity index is 2.84. The van der Waals surface area contributed by atoms with Gasteiger partial charge in [-0.25, -0.2) is 4.98 Å². The van der Waals surface area contributed by atoms with Gasteiger partial charge in [0.25, 0.3) is 0 Å². The summed E-state index contributed by atoms with van der Waals surface area (Å²) in [5.41, 5.74) is 1.06. The average Bonchev–Trinajstić information content (AvgIpc) is 2.26. The van der Waals surface area contributed by atoms with Crippen molar-refractivity contribution in [3.05, 3.63) is 23.9 Å². The molecule has 1 rings (SSSR count). The zero-order valence-corrected chi connectivity index (χ0v) is 10.9. The largest absolute Gasteiger partial charge is 0.392 e. The van der Waals surface area contributed by atoms with E-state index in [9.17, 15) is 0 Å². The van der Waals surface area contributed by atoms with E-state index in [0.29, 0.717) is 6.04 Å². The molecule has 0 radical (unpaired) electrons. The van der Waals surface area contributed by atoms with Crippen LogP contribution in [0.2, 0.25) is 0 Å². The summed E-state index contributed by atoms with van der Waals surface area (Å²) < 4.78 is 0. The molecule has 0 spiro atoms. The topological polar surface area (TPSA) is 36.4 Å². The van der Waals surface area contributed by atoms with Crippen molar-refractivity contribution in [3.8, 4) is 0 Å². The average molecular weight is 222 g/mol. The molecular formula is C13H22N2O. The molecule has 0 aliphatic heterocycles. The summed E-state index contributed by atoms with van der Waals surface area (Å²) in [6, 6.07) is 4.27. The summed E-state index contributed by atoms with van der Waals surface area (Å²) in [5.74, 6) is 0.944. The summed E-state index contributed by atoms with van der Waals surface area (Å²) in [6.07, 6.45) is 1.72. The fraction of sp³-hybridized carbons (Fsp3) is 0.615. The number of aliphatic hydroxyl groups is 1. The van der Waals surface area contributed by atoms with Crippen molar-refractivity contribution in [2.75, 3.05) is 11.9 Å². The lowest BCUT2D eigenvalue weighted by Gasteiger charge is -2.36. The quantitative estimate of drug-likeness (QED) is 0.853. The smallest absolute Gasteiger partial charge is 0.128 e. The van der Waals surface area contributed by atoms with E-state index in [-0.39, 0.29) is 12.0 Å². The van der Waals surface area contributed by atoms with Gasteiger partial charge in [0, 0.05) is 19.3 Å². The number of nitrogens with zero attached hydrogens (tertiary/aromatic N) is 2. The molecule has 0 saturated heterocycles. The van der Waals surface area contributed by atoms with Gasteiger partial charge in [-0.2, -0.15) is 0 Å². The highest BCUT2D eigenvalue weighted by molar-refractivity contribution is 5.39. The number of aliphatic hydroxyl groups excluding tert-OH is 1. The van der Waals surface area contributed by atoms with Gasteiger partial charge in [-0.05, 0) is 24.0 Å². The molecule has 1 aromatic rings. The Hall–Kier alpha value is -1.09. The molecular weight excluding hydrogens is 200 g/mol. The van der Waals surface area contributed by atoms with Crippen molar-refractivity contribution >= 4 is 5.82 Å². The minimum Gasteiger partial charge on any atom is -0.392 e. The van der Waals surface area contributed by atoms with E-state index in [1.807, 2.05) is 12.1 Å². The Labute approximate surface area is 98.1 Å². The van der Waals surface area contributed by atoms with Crippen LogP contribution >= 0.6 is 0 Å². The first-order valence-corrected chi connectivity index (χ1v) is 5.65. The number of anilines is 1. The van der Waals surface area contributed by atoms with Crippen molar-refractivity contribution in [2.24, 2.45) is 5.41 Å². The SMILES string of the molecule is CC(N(C)c1ccc(CO)cn1)C(C)(C)C. The lowest BCUT2D eigenvalue weighted by molar-refractivity contribution is 0.281. The molecule has 3 heteroatoms. The van der Waals surface area contributed by atoms with Crippen LogP contribution in [0.3, 0.4) is 0 Å². The molecule has 0 amide bonds. The van der Waals surface area contributed by atoms with Crippen LogP contribution in [0.25, 0.3) is 0 Å². The minimum atomic E-state index is 0.0474. The third kappa shape index (κ3) is 2.95. The minimum absolute atomic E-state index is 0.0474. The highest BCUT2D eigenvalue weighted by Crippen LogP contribution is 2.26. The van der Waals surface area contributed by atoms with Crippen LogP contribution in [0, 0.1) is 5.41 Å². The van der Waals surface area contributed by atoms with E-state index in [0.717, 1.165) is 11.4 Å². The molecule has 0 bridgehead atoms. The van der Waals surface area contributed by atoms with Crippen molar-refractivity contribution < 1.29 is 5.11 Å². The van der Waals surface area contributed by atoms with E-state index in [1.54, 1.807) is 6.20 Å². The van der Waals surface area contributed by atoms with Crippen LogP contribution in [0.1, 0.15) is 33.3 Å². The molecule has 1 atom stereocenters. The van der Waals surface area contributed by atoms with Crippen molar-refractivity contribution in [1.82, 2.24) is 4.98 Å². The summed E-state index contributed by atoms with van der Waals surface area (Å²) in [5, 5.41) is 8.95. The number of hydrogen-bond donors (Lipinski definition) is 1. The van der Waals surface area contributed by atoms with Gasteiger partial charge < -0.3 is 10.0 Å². The zero-order chi connectivity index (χ0) is 12.3. The Bertz CT molecular complexity index is 327. The summed E-state index contributed by atoms with van der Waals surface area (Å²) >= 11 is 0. The Morgan fingerprint density at radius 3 is 2.38 bits per heavy atom. The Kier molecular flexibility index (Phi) is 3.92. The highest BCUT2D eigenvalue weighted by Gasteiger charge is 2.24. The van der Waals surface area contributed by atoms with Gasteiger partial charge in [0.15, 0.2) is 0 Å². The molecule has 3 nitrogen and oxygen atoms in total. The fourth-order valence-electron chi connectivity index (χ4n) is 1.50. The predicted octanol–water partition coefficient (Wildman–Crippen LogP) is 2.44. The van der Waals surface area contributed by atoms with E-state index in [1.165, 1.54) is 0 Å². The third-order valence-corrected chi connectivity index (χ3v) is 3.19.